The van der Waals surface area contributed by atoms with Gasteiger partial charge < -0.3 is 5.32 Å². The summed E-state index contributed by atoms with van der Waals surface area (Å²) in [6, 6.07) is 0.681. The van der Waals surface area contributed by atoms with Gasteiger partial charge in [-0.05, 0) is 35.2 Å². The van der Waals surface area contributed by atoms with E-state index >= 15 is 0 Å². The van der Waals surface area contributed by atoms with Crippen LogP contribution >= 0.6 is 15.9 Å². The minimum atomic E-state index is 0.681. The van der Waals surface area contributed by atoms with Crippen LogP contribution in [0, 0.1) is 0 Å². The van der Waals surface area contributed by atoms with E-state index in [-0.39, 0.29) is 0 Å². The normalized spacial score (nSPS) is 14.9. The fourth-order valence-electron chi connectivity index (χ4n) is 2.16. The first-order valence-corrected chi connectivity index (χ1v) is 7.78. The SMILES string of the molecule is CCc1nn(C)c(Cn2cnc(CNC3CC3)n2)c1Br. The first kappa shape index (κ1) is 13.8. The van der Waals surface area contributed by atoms with Crippen molar-refractivity contribution in [1.82, 2.24) is 29.9 Å². The fraction of sp³-hybridized carbons (Fsp3) is 0.615. The minimum absolute atomic E-state index is 0.681. The molecule has 7 heteroatoms. The number of hydrogen-bond donors (Lipinski definition) is 1. The molecule has 2 aromatic rings. The highest BCUT2D eigenvalue weighted by Gasteiger charge is 2.20. The van der Waals surface area contributed by atoms with E-state index in [4.69, 9.17) is 0 Å². The van der Waals surface area contributed by atoms with Crippen molar-refractivity contribution in [3.63, 3.8) is 0 Å². The monoisotopic (exact) mass is 338 g/mol. The highest BCUT2D eigenvalue weighted by Crippen LogP contribution is 2.22. The molecule has 0 amide bonds. The molecule has 0 aliphatic heterocycles. The van der Waals surface area contributed by atoms with Crippen molar-refractivity contribution in [2.75, 3.05) is 0 Å². The van der Waals surface area contributed by atoms with Gasteiger partial charge in [0.1, 0.15) is 6.33 Å². The number of aryl methyl sites for hydroxylation is 2. The molecule has 1 aliphatic carbocycles. The third kappa shape index (κ3) is 2.93. The molecule has 0 spiro atoms. The molecule has 0 saturated heterocycles. The Bertz CT molecular complexity index is 598. The van der Waals surface area contributed by atoms with Crippen LogP contribution < -0.4 is 5.32 Å². The predicted molar refractivity (Wildman–Crippen MR) is 79.3 cm³/mol. The average Bonchev–Trinajstić information content (AvgIpc) is 3.11. The maximum atomic E-state index is 4.50. The number of nitrogens with zero attached hydrogens (tertiary/aromatic N) is 5. The highest BCUT2D eigenvalue weighted by molar-refractivity contribution is 9.10. The summed E-state index contributed by atoms with van der Waals surface area (Å²) in [6.45, 7) is 3.54. The number of nitrogens with one attached hydrogen (secondary N) is 1. The fourth-order valence-corrected chi connectivity index (χ4v) is 2.90. The predicted octanol–water partition coefficient (Wildman–Crippen LogP) is 1.64. The Balaban J connectivity index is 1.69. The largest absolute Gasteiger partial charge is 0.307 e. The van der Waals surface area contributed by atoms with Gasteiger partial charge in [-0.25, -0.2) is 9.67 Å². The lowest BCUT2D eigenvalue weighted by atomic mass is 10.3. The van der Waals surface area contributed by atoms with E-state index < -0.39 is 0 Å². The van der Waals surface area contributed by atoms with Crippen LogP contribution in [0.2, 0.25) is 0 Å². The molecule has 2 aromatic heterocycles. The van der Waals surface area contributed by atoms with Crippen LogP contribution in [0.1, 0.15) is 37.0 Å². The summed E-state index contributed by atoms with van der Waals surface area (Å²) in [5.41, 5.74) is 2.20. The molecule has 0 atom stereocenters. The van der Waals surface area contributed by atoms with Crippen LogP contribution in [-0.4, -0.2) is 30.6 Å². The van der Waals surface area contributed by atoms with Gasteiger partial charge in [0.05, 0.1) is 29.0 Å². The van der Waals surface area contributed by atoms with Crippen LogP contribution in [-0.2, 0) is 26.6 Å². The van der Waals surface area contributed by atoms with Crippen molar-refractivity contribution >= 4 is 15.9 Å². The van der Waals surface area contributed by atoms with Gasteiger partial charge in [-0.3, -0.25) is 4.68 Å². The van der Waals surface area contributed by atoms with E-state index in [1.807, 2.05) is 16.4 Å². The van der Waals surface area contributed by atoms with E-state index in [0.29, 0.717) is 12.6 Å². The molecular weight excluding hydrogens is 320 g/mol. The maximum absolute atomic E-state index is 4.50. The molecule has 6 nitrogen and oxygen atoms in total. The molecule has 0 bridgehead atoms. The molecule has 1 fully saturated rings. The number of aromatic nitrogens is 5. The van der Waals surface area contributed by atoms with Crippen LogP contribution in [0.15, 0.2) is 10.8 Å². The van der Waals surface area contributed by atoms with Crippen molar-refractivity contribution in [2.24, 2.45) is 7.05 Å². The summed E-state index contributed by atoms with van der Waals surface area (Å²) in [4.78, 5) is 4.34. The standard InChI is InChI=1S/C13H19BrN6/c1-3-10-13(14)11(19(2)17-10)7-20-8-16-12(18-20)6-15-9-4-5-9/h8-9,15H,3-7H2,1-2H3. The van der Waals surface area contributed by atoms with Crippen molar-refractivity contribution in [3.05, 3.63) is 28.0 Å². The topological polar surface area (TPSA) is 60.6 Å². The van der Waals surface area contributed by atoms with Crippen molar-refractivity contribution in [2.45, 2.75) is 45.3 Å². The van der Waals surface area contributed by atoms with Crippen LogP contribution in [0.5, 0.6) is 0 Å². The van der Waals surface area contributed by atoms with Gasteiger partial charge in [0.25, 0.3) is 0 Å². The second-order valence-electron chi connectivity index (χ2n) is 5.20. The number of halogens is 1. The van der Waals surface area contributed by atoms with Gasteiger partial charge in [0.15, 0.2) is 5.82 Å². The second-order valence-corrected chi connectivity index (χ2v) is 5.99. The molecule has 0 aromatic carbocycles. The Morgan fingerprint density at radius 1 is 1.40 bits per heavy atom. The summed E-state index contributed by atoms with van der Waals surface area (Å²) in [6.07, 6.45) is 5.27. The lowest BCUT2D eigenvalue weighted by Gasteiger charge is -2.02. The zero-order chi connectivity index (χ0) is 14.1. The molecule has 108 valence electrons. The van der Waals surface area contributed by atoms with Gasteiger partial charge in [-0.15, -0.1) is 0 Å². The summed E-state index contributed by atoms with van der Waals surface area (Å²) in [7, 11) is 1.96. The van der Waals surface area contributed by atoms with E-state index in [1.54, 1.807) is 6.33 Å². The van der Waals surface area contributed by atoms with Crippen molar-refractivity contribution in [3.8, 4) is 0 Å². The van der Waals surface area contributed by atoms with Crippen molar-refractivity contribution in [1.29, 1.82) is 0 Å². The first-order chi connectivity index (χ1) is 9.67. The third-order valence-electron chi connectivity index (χ3n) is 3.52. The second kappa shape index (κ2) is 5.65. The Morgan fingerprint density at radius 3 is 2.85 bits per heavy atom. The Morgan fingerprint density at radius 2 is 2.20 bits per heavy atom. The molecule has 3 rings (SSSR count). The van der Waals surface area contributed by atoms with E-state index in [1.165, 1.54) is 12.8 Å². The van der Waals surface area contributed by atoms with Gasteiger partial charge >= 0.3 is 0 Å². The van der Waals surface area contributed by atoms with Gasteiger partial charge in [0, 0.05) is 13.1 Å². The Hall–Kier alpha value is -1.21. The van der Waals surface area contributed by atoms with Gasteiger partial charge in [-0.1, -0.05) is 6.92 Å². The summed E-state index contributed by atoms with van der Waals surface area (Å²) < 4.78 is 4.85. The number of rotatable bonds is 6. The molecule has 20 heavy (non-hydrogen) atoms. The molecule has 0 radical (unpaired) electrons. The zero-order valence-electron chi connectivity index (χ0n) is 11.8. The summed E-state index contributed by atoms with van der Waals surface area (Å²) in [5, 5.41) is 12.4. The van der Waals surface area contributed by atoms with E-state index in [0.717, 1.165) is 34.7 Å². The lowest BCUT2D eigenvalue weighted by Crippen LogP contribution is -2.16. The van der Waals surface area contributed by atoms with Crippen LogP contribution in [0.25, 0.3) is 0 Å². The molecular formula is C13H19BrN6. The lowest BCUT2D eigenvalue weighted by molar-refractivity contribution is 0.597. The third-order valence-corrected chi connectivity index (χ3v) is 4.44. The Kier molecular flexibility index (Phi) is 3.89. The van der Waals surface area contributed by atoms with Crippen LogP contribution in [0.3, 0.4) is 0 Å². The quantitative estimate of drug-likeness (QED) is 0.869. The molecule has 1 N–H and O–H groups in total. The average molecular weight is 339 g/mol. The smallest absolute Gasteiger partial charge is 0.164 e. The van der Waals surface area contributed by atoms with Gasteiger partial charge in [-0.2, -0.15) is 10.2 Å². The summed E-state index contributed by atoms with van der Waals surface area (Å²) in [5.74, 6) is 0.853. The highest BCUT2D eigenvalue weighted by atomic mass is 79.9. The summed E-state index contributed by atoms with van der Waals surface area (Å²) >= 11 is 3.63. The molecule has 1 saturated carbocycles. The Labute approximate surface area is 126 Å². The molecule has 0 unspecified atom stereocenters. The van der Waals surface area contributed by atoms with E-state index in [9.17, 15) is 0 Å². The molecule has 1 aliphatic rings. The van der Waals surface area contributed by atoms with Gasteiger partial charge in [0.2, 0.25) is 0 Å². The molecule has 2 heterocycles. The number of hydrogen-bond acceptors (Lipinski definition) is 4. The van der Waals surface area contributed by atoms with Crippen LogP contribution in [0.4, 0.5) is 0 Å². The first-order valence-electron chi connectivity index (χ1n) is 6.99. The zero-order valence-corrected chi connectivity index (χ0v) is 13.4. The van der Waals surface area contributed by atoms with Crippen molar-refractivity contribution < 1.29 is 0 Å². The minimum Gasteiger partial charge on any atom is -0.307 e. The maximum Gasteiger partial charge on any atom is 0.164 e. The van der Waals surface area contributed by atoms with E-state index in [2.05, 4.69) is 43.4 Å².